The minimum Gasteiger partial charge on any atom is -0.493 e. The van der Waals surface area contributed by atoms with Gasteiger partial charge in [-0.1, -0.05) is 19.1 Å². The van der Waals surface area contributed by atoms with E-state index >= 15 is 0 Å². The summed E-state index contributed by atoms with van der Waals surface area (Å²) >= 11 is 0. The van der Waals surface area contributed by atoms with E-state index in [2.05, 4.69) is 41.2 Å². The van der Waals surface area contributed by atoms with Crippen molar-refractivity contribution in [1.82, 2.24) is 15.2 Å². The third-order valence-corrected chi connectivity index (χ3v) is 5.27. The van der Waals surface area contributed by atoms with E-state index in [1.807, 2.05) is 24.4 Å². The summed E-state index contributed by atoms with van der Waals surface area (Å²) in [5.74, 6) is 2.34. The molecule has 1 N–H and O–H groups in total. The van der Waals surface area contributed by atoms with Crippen LogP contribution in [0.3, 0.4) is 0 Å². The van der Waals surface area contributed by atoms with Crippen LogP contribution < -0.4 is 14.8 Å². The molecule has 1 aliphatic rings. The molecule has 5 nitrogen and oxygen atoms in total. The van der Waals surface area contributed by atoms with E-state index in [9.17, 15) is 0 Å². The minimum absolute atomic E-state index is 0.451. The van der Waals surface area contributed by atoms with Crippen molar-refractivity contribution in [3.05, 3.63) is 53.9 Å². The van der Waals surface area contributed by atoms with Gasteiger partial charge >= 0.3 is 0 Å². The fourth-order valence-electron chi connectivity index (χ4n) is 3.78. The number of likely N-dealkylation sites (tertiary alicyclic amines) is 1. The zero-order chi connectivity index (χ0) is 19.8. The summed E-state index contributed by atoms with van der Waals surface area (Å²) in [4.78, 5) is 6.72. The normalized spacial score (nSPS) is 18.6. The van der Waals surface area contributed by atoms with Gasteiger partial charge in [-0.05, 0) is 56.0 Å². The summed E-state index contributed by atoms with van der Waals surface area (Å²) in [5, 5.41) is 3.65. The fourth-order valence-corrected chi connectivity index (χ4v) is 3.78. The Balaban J connectivity index is 1.53. The van der Waals surface area contributed by atoms with Crippen molar-refractivity contribution in [1.29, 1.82) is 0 Å². The Bertz CT molecular complexity index is 723. The number of ether oxygens (including phenoxy) is 2. The highest BCUT2D eigenvalue weighted by Gasteiger charge is 2.18. The molecule has 28 heavy (non-hydrogen) atoms. The molecule has 2 atom stereocenters. The number of nitrogens with one attached hydrogen (secondary N) is 1. The second kappa shape index (κ2) is 10.4. The van der Waals surface area contributed by atoms with Gasteiger partial charge in [-0.2, -0.15) is 0 Å². The van der Waals surface area contributed by atoms with Crippen LogP contribution in [-0.4, -0.2) is 42.7 Å². The van der Waals surface area contributed by atoms with Gasteiger partial charge in [0.2, 0.25) is 0 Å². The molecule has 2 aromatic rings. The van der Waals surface area contributed by atoms with Crippen LogP contribution in [0, 0.1) is 5.92 Å². The predicted molar refractivity (Wildman–Crippen MR) is 113 cm³/mol. The quantitative estimate of drug-likeness (QED) is 0.712. The second-order valence-electron chi connectivity index (χ2n) is 7.92. The van der Waals surface area contributed by atoms with E-state index in [1.54, 1.807) is 13.3 Å². The molecule has 2 unspecified atom stereocenters. The summed E-state index contributed by atoms with van der Waals surface area (Å²) in [5.41, 5.74) is 2.23. The minimum atomic E-state index is 0.451. The lowest BCUT2D eigenvalue weighted by molar-refractivity contribution is 0.169. The molecule has 0 spiro atoms. The lowest BCUT2D eigenvalue weighted by Crippen LogP contribution is -2.43. The Kier molecular flexibility index (Phi) is 7.69. The maximum atomic E-state index is 5.99. The molecular weight excluding hydrogens is 350 g/mol. The highest BCUT2D eigenvalue weighted by atomic mass is 16.5. The number of methoxy groups -OCH3 is 1. The predicted octanol–water partition coefficient (Wildman–Crippen LogP) is 3.88. The van der Waals surface area contributed by atoms with Gasteiger partial charge in [0.1, 0.15) is 6.61 Å². The number of piperidine rings is 1. The van der Waals surface area contributed by atoms with Gasteiger partial charge in [-0.15, -0.1) is 0 Å². The average molecular weight is 384 g/mol. The highest BCUT2D eigenvalue weighted by molar-refractivity contribution is 5.43. The van der Waals surface area contributed by atoms with Crippen molar-refractivity contribution in [2.24, 2.45) is 5.92 Å². The molecule has 152 valence electrons. The summed E-state index contributed by atoms with van der Waals surface area (Å²) < 4.78 is 11.5. The number of hydrogen-bond acceptors (Lipinski definition) is 5. The maximum Gasteiger partial charge on any atom is 0.161 e. The van der Waals surface area contributed by atoms with Crippen molar-refractivity contribution in [2.75, 3.05) is 26.7 Å². The van der Waals surface area contributed by atoms with E-state index in [4.69, 9.17) is 9.47 Å². The lowest BCUT2D eigenvalue weighted by Gasteiger charge is -2.33. The molecule has 0 radical (unpaired) electrons. The topological polar surface area (TPSA) is 46.6 Å². The Morgan fingerprint density at radius 1 is 1.25 bits per heavy atom. The number of pyridine rings is 1. The molecule has 0 saturated carbocycles. The molecule has 1 aromatic heterocycles. The van der Waals surface area contributed by atoms with Gasteiger partial charge in [-0.25, -0.2) is 0 Å². The number of aromatic nitrogens is 1. The Hall–Kier alpha value is -2.11. The largest absolute Gasteiger partial charge is 0.493 e. The van der Waals surface area contributed by atoms with E-state index in [-0.39, 0.29) is 0 Å². The van der Waals surface area contributed by atoms with E-state index in [0.29, 0.717) is 12.6 Å². The van der Waals surface area contributed by atoms with Crippen molar-refractivity contribution in [3.63, 3.8) is 0 Å². The van der Waals surface area contributed by atoms with Gasteiger partial charge < -0.3 is 19.7 Å². The molecular formula is C23H33N3O2. The summed E-state index contributed by atoms with van der Waals surface area (Å²) in [6.07, 6.45) is 6.28. The summed E-state index contributed by atoms with van der Waals surface area (Å²) in [6, 6.07) is 10.5. The first-order chi connectivity index (χ1) is 13.6. The van der Waals surface area contributed by atoms with Crippen LogP contribution in [0.2, 0.25) is 0 Å². The van der Waals surface area contributed by atoms with Gasteiger partial charge in [0, 0.05) is 43.6 Å². The summed E-state index contributed by atoms with van der Waals surface area (Å²) in [6.45, 7) is 9.47. The van der Waals surface area contributed by atoms with E-state index < -0.39 is 0 Å². The average Bonchev–Trinajstić information content (AvgIpc) is 2.71. The second-order valence-corrected chi connectivity index (χ2v) is 7.92. The first-order valence-electron chi connectivity index (χ1n) is 10.3. The third-order valence-electron chi connectivity index (χ3n) is 5.27. The van der Waals surface area contributed by atoms with Crippen molar-refractivity contribution < 1.29 is 9.47 Å². The van der Waals surface area contributed by atoms with Crippen LogP contribution in [-0.2, 0) is 13.2 Å². The molecule has 1 aliphatic heterocycles. The molecule has 1 aromatic carbocycles. The zero-order valence-electron chi connectivity index (χ0n) is 17.4. The van der Waals surface area contributed by atoms with Crippen molar-refractivity contribution >= 4 is 0 Å². The molecule has 1 saturated heterocycles. The molecule has 5 heteroatoms. The molecule has 0 bridgehead atoms. The van der Waals surface area contributed by atoms with Crippen molar-refractivity contribution in [2.45, 2.75) is 45.9 Å². The SMILES string of the molecule is COc1ccc(CNC(C)CN2CCCC(C)C2)cc1OCc1cccnc1. The maximum absolute atomic E-state index is 5.99. The van der Waals surface area contributed by atoms with E-state index in [0.717, 1.165) is 36.1 Å². The molecule has 0 aliphatic carbocycles. The number of hydrogen-bond donors (Lipinski definition) is 1. The monoisotopic (exact) mass is 383 g/mol. The first kappa shape index (κ1) is 20.6. The Labute approximate surface area is 169 Å². The Morgan fingerprint density at radius 3 is 2.89 bits per heavy atom. The number of nitrogens with zero attached hydrogens (tertiary/aromatic N) is 2. The molecule has 3 rings (SSSR count). The fraction of sp³-hybridized carbons (Fsp3) is 0.522. The van der Waals surface area contributed by atoms with Crippen LogP contribution in [0.1, 0.15) is 37.8 Å². The summed E-state index contributed by atoms with van der Waals surface area (Å²) in [7, 11) is 1.67. The van der Waals surface area contributed by atoms with Gasteiger partial charge in [0.15, 0.2) is 11.5 Å². The van der Waals surface area contributed by atoms with Crippen LogP contribution in [0.15, 0.2) is 42.7 Å². The Morgan fingerprint density at radius 2 is 2.14 bits per heavy atom. The van der Waals surface area contributed by atoms with Gasteiger partial charge in [0.05, 0.1) is 7.11 Å². The molecule has 2 heterocycles. The molecule has 0 amide bonds. The standard InChI is InChI=1S/C23H33N3O2/c1-18-6-5-11-26(15-18)16-19(2)25-14-20-8-9-22(27-3)23(12-20)28-17-21-7-4-10-24-13-21/h4,7-10,12-13,18-19,25H,5-6,11,14-17H2,1-3H3. The van der Waals surface area contributed by atoms with Gasteiger partial charge in [0.25, 0.3) is 0 Å². The number of benzene rings is 1. The highest BCUT2D eigenvalue weighted by Crippen LogP contribution is 2.29. The first-order valence-corrected chi connectivity index (χ1v) is 10.3. The molecule has 1 fully saturated rings. The van der Waals surface area contributed by atoms with Gasteiger partial charge in [-0.3, -0.25) is 4.98 Å². The van der Waals surface area contributed by atoms with Crippen LogP contribution in [0.5, 0.6) is 11.5 Å². The van der Waals surface area contributed by atoms with Crippen LogP contribution in [0.25, 0.3) is 0 Å². The van der Waals surface area contributed by atoms with E-state index in [1.165, 1.54) is 31.5 Å². The van der Waals surface area contributed by atoms with Crippen molar-refractivity contribution in [3.8, 4) is 11.5 Å². The zero-order valence-corrected chi connectivity index (χ0v) is 17.4. The van der Waals surface area contributed by atoms with Crippen LogP contribution in [0.4, 0.5) is 0 Å². The smallest absolute Gasteiger partial charge is 0.161 e. The lowest BCUT2D eigenvalue weighted by atomic mass is 10.00. The van der Waals surface area contributed by atoms with Crippen LogP contribution >= 0.6 is 0 Å². The third kappa shape index (κ3) is 6.21. The number of rotatable bonds is 9.